The Balaban J connectivity index is 1.94. The van der Waals surface area contributed by atoms with E-state index in [1.807, 2.05) is 11.0 Å². The number of hydrogen-bond donors (Lipinski definition) is 0. The average molecular weight is 329 g/mol. The maximum Gasteiger partial charge on any atom is 0.227 e. The van der Waals surface area contributed by atoms with Gasteiger partial charge in [-0.3, -0.25) is 4.79 Å². The highest BCUT2D eigenvalue weighted by molar-refractivity contribution is 6.07. The van der Waals surface area contributed by atoms with Crippen molar-refractivity contribution < 1.29 is 4.79 Å². The van der Waals surface area contributed by atoms with Gasteiger partial charge in [0.2, 0.25) is 5.91 Å². The van der Waals surface area contributed by atoms with E-state index in [1.54, 1.807) is 0 Å². The Morgan fingerprint density at radius 1 is 0.960 bits per heavy atom. The molecule has 1 amide bonds. The van der Waals surface area contributed by atoms with Crippen LogP contribution in [0.4, 0.5) is 5.69 Å². The van der Waals surface area contributed by atoms with Crippen LogP contribution in [-0.4, -0.2) is 12.5 Å². The highest BCUT2D eigenvalue weighted by atomic mass is 16.2. The minimum Gasteiger partial charge on any atom is -0.312 e. The Kier molecular flexibility index (Phi) is 4.27. The van der Waals surface area contributed by atoms with E-state index in [4.69, 9.17) is 0 Å². The molecule has 1 aliphatic heterocycles. The van der Waals surface area contributed by atoms with E-state index in [-0.39, 0.29) is 11.8 Å². The highest BCUT2D eigenvalue weighted by Crippen LogP contribution is 2.41. The molecule has 1 heterocycles. The molecule has 4 rings (SSSR count). The summed E-state index contributed by atoms with van der Waals surface area (Å²) in [7, 11) is 0. The summed E-state index contributed by atoms with van der Waals surface area (Å²) in [6.07, 6.45) is 2.64. The summed E-state index contributed by atoms with van der Waals surface area (Å²) < 4.78 is 0. The normalized spacial score (nSPS) is 16.9. The molecular weight excluding hydrogens is 306 g/mol. The standard InChI is InChI=1S/C23H23NO/c1-2-3-15-24-21-14-8-12-18-11-7-13-19(23(18)21)20(16-22(24)25)17-9-5-4-6-10-17/h4-14,20H,2-3,15-16H2,1H3. The third-order valence-electron chi connectivity index (χ3n) is 5.20. The first-order chi connectivity index (χ1) is 12.3. The summed E-state index contributed by atoms with van der Waals surface area (Å²) in [5, 5.41) is 2.45. The predicted octanol–water partition coefficient (Wildman–Crippen LogP) is 5.51. The SMILES string of the molecule is CCCCN1C(=O)CC(c2ccccc2)c2cccc3cccc1c23. The molecule has 0 saturated heterocycles. The van der Waals surface area contributed by atoms with Gasteiger partial charge in [-0.25, -0.2) is 0 Å². The second kappa shape index (κ2) is 6.72. The average Bonchev–Trinajstić information content (AvgIpc) is 2.78. The van der Waals surface area contributed by atoms with Crippen molar-refractivity contribution in [1.29, 1.82) is 0 Å². The fourth-order valence-corrected chi connectivity index (χ4v) is 3.94. The highest BCUT2D eigenvalue weighted by Gasteiger charge is 2.29. The zero-order chi connectivity index (χ0) is 17.2. The maximum absolute atomic E-state index is 13.1. The Bertz CT molecular complexity index is 895. The van der Waals surface area contributed by atoms with Gasteiger partial charge in [-0.2, -0.15) is 0 Å². The first kappa shape index (κ1) is 15.9. The van der Waals surface area contributed by atoms with E-state index in [2.05, 4.69) is 67.6 Å². The van der Waals surface area contributed by atoms with E-state index in [1.165, 1.54) is 21.9 Å². The third kappa shape index (κ3) is 2.82. The van der Waals surface area contributed by atoms with E-state index in [0.29, 0.717) is 6.42 Å². The molecule has 0 aliphatic carbocycles. The van der Waals surface area contributed by atoms with Gasteiger partial charge in [0.15, 0.2) is 0 Å². The van der Waals surface area contributed by atoms with E-state index in [0.717, 1.165) is 25.1 Å². The van der Waals surface area contributed by atoms with Gasteiger partial charge < -0.3 is 4.90 Å². The second-order valence-electron chi connectivity index (χ2n) is 6.79. The molecule has 0 N–H and O–H groups in total. The molecular formula is C23H23NO. The first-order valence-electron chi connectivity index (χ1n) is 9.16. The number of unbranched alkanes of at least 4 members (excludes halogenated alkanes) is 1. The van der Waals surface area contributed by atoms with Crippen LogP contribution >= 0.6 is 0 Å². The van der Waals surface area contributed by atoms with Crippen molar-refractivity contribution in [1.82, 2.24) is 0 Å². The van der Waals surface area contributed by atoms with Crippen LogP contribution in [0.5, 0.6) is 0 Å². The van der Waals surface area contributed by atoms with Crippen molar-refractivity contribution in [2.75, 3.05) is 11.4 Å². The van der Waals surface area contributed by atoms with Crippen LogP contribution in [0.2, 0.25) is 0 Å². The monoisotopic (exact) mass is 329 g/mol. The van der Waals surface area contributed by atoms with Crippen molar-refractivity contribution in [3.63, 3.8) is 0 Å². The van der Waals surface area contributed by atoms with Gasteiger partial charge in [0.05, 0.1) is 5.69 Å². The number of carbonyl (C=O) groups is 1. The van der Waals surface area contributed by atoms with Gasteiger partial charge in [0.1, 0.15) is 0 Å². The maximum atomic E-state index is 13.1. The lowest BCUT2D eigenvalue weighted by atomic mass is 9.86. The van der Waals surface area contributed by atoms with Crippen LogP contribution in [0, 0.1) is 0 Å². The van der Waals surface area contributed by atoms with Crippen molar-refractivity contribution in [2.24, 2.45) is 0 Å². The summed E-state index contributed by atoms with van der Waals surface area (Å²) in [6, 6.07) is 23.2. The number of anilines is 1. The van der Waals surface area contributed by atoms with Crippen LogP contribution in [0.1, 0.15) is 43.2 Å². The molecule has 1 aliphatic rings. The number of rotatable bonds is 4. The Labute approximate surface area is 149 Å². The molecule has 2 heteroatoms. The Hall–Kier alpha value is -2.61. The lowest BCUT2D eigenvalue weighted by Gasteiger charge is -2.22. The molecule has 0 fully saturated rings. The molecule has 1 atom stereocenters. The van der Waals surface area contributed by atoms with Crippen molar-refractivity contribution in [3.05, 3.63) is 77.9 Å². The summed E-state index contributed by atoms with van der Waals surface area (Å²) >= 11 is 0. The number of carbonyl (C=O) groups excluding carboxylic acids is 1. The lowest BCUT2D eigenvalue weighted by molar-refractivity contribution is -0.118. The van der Waals surface area contributed by atoms with Gasteiger partial charge in [-0.15, -0.1) is 0 Å². The molecule has 3 aromatic rings. The smallest absolute Gasteiger partial charge is 0.227 e. The molecule has 3 aromatic carbocycles. The molecule has 0 spiro atoms. The lowest BCUT2D eigenvalue weighted by Crippen LogP contribution is -2.31. The van der Waals surface area contributed by atoms with Gasteiger partial charge >= 0.3 is 0 Å². The van der Waals surface area contributed by atoms with Crippen molar-refractivity contribution in [2.45, 2.75) is 32.1 Å². The summed E-state index contributed by atoms with van der Waals surface area (Å²) in [4.78, 5) is 15.2. The van der Waals surface area contributed by atoms with Crippen LogP contribution in [0.15, 0.2) is 66.7 Å². The zero-order valence-electron chi connectivity index (χ0n) is 14.6. The molecule has 0 saturated carbocycles. The first-order valence-corrected chi connectivity index (χ1v) is 9.16. The molecule has 0 radical (unpaired) electrons. The van der Waals surface area contributed by atoms with Gasteiger partial charge in [-0.05, 0) is 29.0 Å². The Morgan fingerprint density at radius 2 is 1.72 bits per heavy atom. The molecule has 0 bridgehead atoms. The molecule has 2 nitrogen and oxygen atoms in total. The van der Waals surface area contributed by atoms with Gasteiger partial charge in [-0.1, -0.05) is 74.0 Å². The summed E-state index contributed by atoms with van der Waals surface area (Å²) in [5.74, 6) is 0.344. The zero-order valence-corrected chi connectivity index (χ0v) is 14.6. The second-order valence-corrected chi connectivity index (χ2v) is 6.79. The number of hydrogen-bond acceptors (Lipinski definition) is 1. The molecule has 1 unspecified atom stereocenters. The molecule has 126 valence electrons. The van der Waals surface area contributed by atoms with Gasteiger partial charge in [0, 0.05) is 24.3 Å². The Morgan fingerprint density at radius 3 is 2.48 bits per heavy atom. The van der Waals surface area contributed by atoms with Crippen LogP contribution in [-0.2, 0) is 4.79 Å². The van der Waals surface area contributed by atoms with E-state index in [9.17, 15) is 4.79 Å². The van der Waals surface area contributed by atoms with Crippen molar-refractivity contribution in [3.8, 4) is 0 Å². The number of nitrogens with zero attached hydrogens (tertiary/aromatic N) is 1. The topological polar surface area (TPSA) is 20.3 Å². The summed E-state index contributed by atoms with van der Waals surface area (Å²) in [5.41, 5.74) is 3.56. The summed E-state index contributed by atoms with van der Waals surface area (Å²) in [6.45, 7) is 2.97. The van der Waals surface area contributed by atoms with Crippen LogP contribution < -0.4 is 4.90 Å². The largest absolute Gasteiger partial charge is 0.312 e. The number of benzene rings is 3. The fraction of sp³-hybridized carbons (Fsp3) is 0.261. The quantitative estimate of drug-likeness (QED) is 0.618. The number of amides is 1. The van der Waals surface area contributed by atoms with E-state index >= 15 is 0 Å². The van der Waals surface area contributed by atoms with Crippen LogP contribution in [0.3, 0.4) is 0 Å². The van der Waals surface area contributed by atoms with Gasteiger partial charge in [0.25, 0.3) is 0 Å². The van der Waals surface area contributed by atoms with E-state index < -0.39 is 0 Å². The minimum absolute atomic E-state index is 0.116. The fourth-order valence-electron chi connectivity index (χ4n) is 3.94. The van der Waals surface area contributed by atoms with Crippen molar-refractivity contribution >= 4 is 22.4 Å². The predicted molar refractivity (Wildman–Crippen MR) is 104 cm³/mol. The third-order valence-corrected chi connectivity index (χ3v) is 5.20. The minimum atomic E-state index is 0.116. The molecule has 0 aromatic heterocycles. The van der Waals surface area contributed by atoms with Crippen LogP contribution in [0.25, 0.3) is 10.8 Å². The molecule has 25 heavy (non-hydrogen) atoms.